The van der Waals surface area contributed by atoms with Gasteiger partial charge in [-0.3, -0.25) is 4.98 Å². The predicted molar refractivity (Wildman–Crippen MR) is 47.2 cm³/mol. The summed E-state index contributed by atoms with van der Waals surface area (Å²) in [5, 5.41) is 0. The van der Waals surface area contributed by atoms with Crippen LogP contribution in [0.4, 0.5) is 18.9 Å². The first-order valence-corrected chi connectivity index (χ1v) is 4.39. The molecule has 0 saturated carbocycles. The second-order valence-corrected chi connectivity index (χ2v) is 3.43. The molecule has 0 radical (unpaired) electrons. The summed E-state index contributed by atoms with van der Waals surface area (Å²) in [7, 11) is 0. The largest absolute Gasteiger partial charge is 0.418 e. The van der Waals surface area contributed by atoms with E-state index < -0.39 is 11.7 Å². The first kappa shape index (κ1) is 10.2. The Morgan fingerprint density at radius 1 is 1.40 bits per heavy atom. The molecule has 3 nitrogen and oxygen atoms in total. The van der Waals surface area contributed by atoms with E-state index >= 15 is 0 Å². The zero-order chi connectivity index (χ0) is 11.1. The van der Waals surface area contributed by atoms with E-state index in [0.717, 1.165) is 6.07 Å². The van der Waals surface area contributed by atoms with Crippen molar-refractivity contribution in [2.45, 2.75) is 12.1 Å². The molecule has 0 bridgehead atoms. The number of nitrogen functional groups attached to an aromatic ring is 1. The molecule has 1 aliphatic heterocycles. The average molecular weight is 218 g/mol. The maximum atomic E-state index is 12.6. The van der Waals surface area contributed by atoms with Crippen LogP contribution in [0.3, 0.4) is 0 Å². The maximum absolute atomic E-state index is 12.6. The maximum Gasteiger partial charge on any atom is 0.418 e. The Balaban J connectivity index is 2.44. The van der Waals surface area contributed by atoms with Gasteiger partial charge in [-0.15, -0.1) is 0 Å². The number of halogens is 3. The third-order valence-electron chi connectivity index (χ3n) is 2.27. The first-order chi connectivity index (χ1) is 6.98. The van der Waals surface area contributed by atoms with E-state index in [2.05, 4.69) is 4.98 Å². The molecule has 0 spiro atoms. The monoisotopic (exact) mass is 218 g/mol. The van der Waals surface area contributed by atoms with Crippen LogP contribution in [0.1, 0.15) is 17.2 Å². The van der Waals surface area contributed by atoms with E-state index in [-0.39, 0.29) is 17.3 Å². The molecule has 0 aliphatic carbocycles. The molecule has 2 heterocycles. The number of alkyl halides is 3. The van der Waals surface area contributed by atoms with Crippen molar-refractivity contribution in [2.24, 2.45) is 0 Å². The molecule has 1 aromatic heterocycles. The summed E-state index contributed by atoms with van der Waals surface area (Å²) >= 11 is 0. The van der Waals surface area contributed by atoms with Gasteiger partial charge >= 0.3 is 6.18 Å². The van der Waals surface area contributed by atoms with Crippen LogP contribution in [0.15, 0.2) is 12.3 Å². The third kappa shape index (κ3) is 1.90. The third-order valence-corrected chi connectivity index (χ3v) is 2.27. The molecule has 1 aromatic rings. The second kappa shape index (κ2) is 3.37. The highest BCUT2D eigenvalue weighted by molar-refractivity contribution is 5.42. The van der Waals surface area contributed by atoms with Gasteiger partial charge < -0.3 is 10.5 Å². The fraction of sp³-hybridized carbons (Fsp3) is 0.444. The van der Waals surface area contributed by atoms with Crippen molar-refractivity contribution in [1.82, 2.24) is 4.98 Å². The van der Waals surface area contributed by atoms with Crippen molar-refractivity contribution in [1.29, 1.82) is 0 Å². The standard InChI is InChI=1S/C9H9F3N2O/c10-9(11,12)7-1-6(13)2-14-8(7)5-3-15-4-5/h1-2,5H,3-4,13H2. The van der Waals surface area contributed by atoms with Crippen LogP contribution in [0, 0.1) is 0 Å². The van der Waals surface area contributed by atoms with Gasteiger partial charge in [0.2, 0.25) is 0 Å². The lowest BCUT2D eigenvalue weighted by Crippen LogP contribution is -2.28. The number of pyridine rings is 1. The number of aromatic nitrogens is 1. The van der Waals surface area contributed by atoms with Crippen LogP contribution in [-0.4, -0.2) is 18.2 Å². The summed E-state index contributed by atoms with van der Waals surface area (Å²) in [6.45, 7) is 0.583. The SMILES string of the molecule is Nc1cnc(C2COC2)c(C(F)(F)F)c1. The molecule has 1 saturated heterocycles. The van der Waals surface area contributed by atoms with Gasteiger partial charge in [0.15, 0.2) is 0 Å². The number of hydrogen-bond donors (Lipinski definition) is 1. The smallest absolute Gasteiger partial charge is 0.397 e. The molecule has 82 valence electrons. The van der Waals surface area contributed by atoms with E-state index in [1.54, 1.807) is 0 Å². The van der Waals surface area contributed by atoms with Crippen LogP contribution in [0.2, 0.25) is 0 Å². The van der Waals surface area contributed by atoms with Crippen molar-refractivity contribution in [3.05, 3.63) is 23.5 Å². The Labute approximate surface area is 84.1 Å². The lowest BCUT2D eigenvalue weighted by molar-refractivity contribution is -0.139. The number of nitrogens with two attached hydrogens (primary N) is 1. The summed E-state index contributed by atoms with van der Waals surface area (Å²) in [4.78, 5) is 3.74. The molecular formula is C9H9F3N2O. The van der Waals surface area contributed by atoms with Crippen LogP contribution < -0.4 is 5.73 Å². The van der Waals surface area contributed by atoms with Gasteiger partial charge in [-0.05, 0) is 6.07 Å². The minimum atomic E-state index is -4.41. The minimum Gasteiger partial charge on any atom is -0.397 e. The Morgan fingerprint density at radius 2 is 2.07 bits per heavy atom. The summed E-state index contributed by atoms with van der Waals surface area (Å²) in [5.74, 6) is -0.262. The van der Waals surface area contributed by atoms with Crippen LogP contribution in [0.5, 0.6) is 0 Å². The molecule has 0 unspecified atom stereocenters. The van der Waals surface area contributed by atoms with Gasteiger partial charge in [0.1, 0.15) is 0 Å². The van der Waals surface area contributed by atoms with Gasteiger partial charge in [-0.2, -0.15) is 13.2 Å². The predicted octanol–water partition coefficient (Wildman–Crippen LogP) is 1.80. The zero-order valence-electron chi connectivity index (χ0n) is 7.71. The van der Waals surface area contributed by atoms with Gasteiger partial charge in [0.25, 0.3) is 0 Å². The summed E-state index contributed by atoms with van der Waals surface area (Å²) in [5.41, 5.74) is 4.59. The van der Waals surface area contributed by atoms with E-state index in [9.17, 15) is 13.2 Å². The molecular weight excluding hydrogens is 209 g/mol. The molecule has 1 fully saturated rings. The van der Waals surface area contributed by atoms with Crippen molar-refractivity contribution >= 4 is 5.69 Å². The molecule has 1 aliphatic rings. The van der Waals surface area contributed by atoms with E-state index in [1.807, 2.05) is 0 Å². The highest BCUT2D eigenvalue weighted by Crippen LogP contribution is 2.37. The number of ether oxygens (including phenoxy) is 1. The number of hydrogen-bond acceptors (Lipinski definition) is 3. The Morgan fingerprint density at radius 3 is 2.53 bits per heavy atom. The second-order valence-electron chi connectivity index (χ2n) is 3.43. The summed E-state index contributed by atoms with van der Waals surface area (Å²) in [6, 6.07) is 0.917. The van der Waals surface area contributed by atoms with Crippen molar-refractivity contribution in [3.63, 3.8) is 0 Å². The molecule has 6 heteroatoms. The Kier molecular flexibility index (Phi) is 2.30. The van der Waals surface area contributed by atoms with Gasteiger partial charge in [0.05, 0.1) is 36.4 Å². The van der Waals surface area contributed by atoms with E-state index in [1.165, 1.54) is 6.20 Å². The van der Waals surface area contributed by atoms with Crippen LogP contribution >= 0.6 is 0 Å². The van der Waals surface area contributed by atoms with Crippen LogP contribution in [-0.2, 0) is 10.9 Å². The van der Waals surface area contributed by atoms with E-state index in [4.69, 9.17) is 10.5 Å². The van der Waals surface area contributed by atoms with Gasteiger partial charge in [-0.1, -0.05) is 0 Å². The summed E-state index contributed by atoms with van der Waals surface area (Å²) in [6.07, 6.45) is -3.17. The lowest BCUT2D eigenvalue weighted by atomic mass is 9.98. The number of rotatable bonds is 1. The lowest BCUT2D eigenvalue weighted by Gasteiger charge is -2.27. The molecule has 0 atom stereocenters. The van der Waals surface area contributed by atoms with Crippen molar-refractivity contribution < 1.29 is 17.9 Å². The Bertz CT molecular complexity index is 374. The van der Waals surface area contributed by atoms with Gasteiger partial charge in [0, 0.05) is 5.92 Å². The molecule has 0 amide bonds. The zero-order valence-corrected chi connectivity index (χ0v) is 7.71. The molecule has 2 N–H and O–H groups in total. The average Bonchev–Trinajstić information content (AvgIpc) is 2.03. The highest BCUT2D eigenvalue weighted by Gasteiger charge is 2.38. The summed E-state index contributed by atoms with van der Waals surface area (Å²) < 4.78 is 42.7. The molecule has 0 aromatic carbocycles. The fourth-order valence-corrected chi connectivity index (χ4v) is 1.44. The molecule has 2 rings (SSSR count). The van der Waals surface area contributed by atoms with Gasteiger partial charge in [-0.25, -0.2) is 0 Å². The van der Waals surface area contributed by atoms with Crippen molar-refractivity contribution in [3.8, 4) is 0 Å². The quantitative estimate of drug-likeness (QED) is 0.781. The number of anilines is 1. The van der Waals surface area contributed by atoms with E-state index in [0.29, 0.717) is 13.2 Å². The topological polar surface area (TPSA) is 48.1 Å². The fourth-order valence-electron chi connectivity index (χ4n) is 1.44. The van der Waals surface area contributed by atoms with Crippen molar-refractivity contribution in [2.75, 3.05) is 18.9 Å². The first-order valence-electron chi connectivity index (χ1n) is 4.39. The van der Waals surface area contributed by atoms with Crippen LogP contribution in [0.25, 0.3) is 0 Å². The highest BCUT2D eigenvalue weighted by atomic mass is 19.4. The Hall–Kier alpha value is -1.30. The normalized spacial score (nSPS) is 17.5. The molecule has 15 heavy (non-hydrogen) atoms. The number of nitrogens with zero attached hydrogens (tertiary/aromatic N) is 1. The minimum absolute atomic E-state index is 0.0197.